The van der Waals surface area contributed by atoms with E-state index in [1.165, 1.54) is 11.1 Å². The van der Waals surface area contributed by atoms with Crippen LogP contribution in [0.15, 0.2) is 84.9 Å². The highest BCUT2D eigenvalue weighted by Crippen LogP contribution is 2.30. The maximum absolute atomic E-state index is 13.5. The lowest BCUT2D eigenvalue weighted by atomic mass is 9.98. The molecule has 4 aromatic carbocycles. The molecule has 1 aliphatic heterocycles. The molecule has 200 valence electrons. The van der Waals surface area contributed by atoms with Crippen molar-refractivity contribution in [2.75, 3.05) is 42.9 Å². The van der Waals surface area contributed by atoms with Gasteiger partial charge in [0.05, 0.1) is 5.56 Å². The Balaban J connectivity index is 1.39. The van der Waals surface area contributed by atoms with Crippen LogP contribution < -0.4 is 15.5 Å². The van der Waals surface area contributed by atoms with E-state index < -0.39 is 0 Å². The van der Waals surface area contributed by atoms with Crippen LogP contribution in [0, 0.1) is 0 Å². The molecular formula is C33H36N4O2. The van der Waals surface area contributed by atoms with Gasteiger partial charge in [-0.15, -0.1) is 0 Å². The van der Waals surface area contributed by atoms with Gasteiger partial charge in [0.1, 0.15) is 0 Å². The summed E-state index contributed by atoms with van der Waals surface area (Å²) in [7, 11) is 0. The van der Waals surface area contributed by atoms with E-state index in [-0.39, 0.29) is 11.8 Å². The molecule has 0 unspecified atom stereocenters. The molecule has 2 amide bonds. The molecule has 5 rings (SSSR count). The van der Waals surface area contributed by atoms with Crippen molar-refractivity contribution in [1.82, 2.24) is 10.2 Å². The third-order valence-corrected chi connectivity index (χ3v) is 7.59. The smallest absolute Gasteiger partial charge is 0.255 e. The Kier molecular flexibility index (Phi) is 8.23. The number of nitrogens with zero attached hydrogens (tertiary/aromatic N) is 2. The van der Waals surface area contributed by atoms with Gasteiger partial charge in [0, 0.05) is 43.1 Å². The van der Waals surface area contributed by atoms with Crippen LogP contribution in [0.2, 0.25) is 0 Å². The fourth-order valence-corrected chi connectivity index (χ4v) is 5.27. The number of anilines is 2. The van der Waals surface area contributed by atoms with Crippen LogP contribution >= 0.6 is 0 Å². The minimum absolute atomic E-state index is 0.127. The third-order valence-electron chi connectivity index (χ3n) is 7.59. The van der Waals surface area contributed by atoms with Gasteiger partial charge in [0.25, 0.3) is 11.8 Å². The zero-order chi connectivity index (χ0) is 27.2. The van der Waals surface area contributed by atoms with E-state index in [4.69, 9.17) is 0 Å². The van der Waals surface area contributed by atoms with Gasteiger partial charge >= 0.3 is 0 Å². The predicted molar refractivity (Wildman–Crippen MR) is 160 cm³/mol. The summed E-state index contributed by atoms with van der Waals surface area (Å²) in [5, 5.41) is 8.22. The first-order chi connectivity index (χ1) is 19.1. The first kappa shape index (κ1) is 26.4. The fourth-order valence-electron chi connectivity index (χ4n) is 5.27. The standard InChI is InChI=1S/C33H36N4O2/c1-3-36(4-2)20-18-34-33(39)30-22-29(35-32(38)27-14-13-24-9-5-7-11-26(24)21-27)15-16-31(30)37-19-17-25-10-6-8-12-28(25)23-37/h5-16,21-22H,3-4,17-20,23H2,1-2H3,(H,34,39)(H,35,38). The average Bonchev–Trinajstić information content (AvgIpc) is 2.98. The van der Waals surface area contributed by atoms with Gasteiger partial charge in [-0.05, 0) is 71.7 Å². The zero-order valence-electron chi connectivity index (χ0n) is 22.7. The van der Waals surface area contributed by atoms with Crippen LogP contribution in [-0.4, -0.2) is 49.4 Å². The molecule has 1 heterocycles. The molecule has 39 heavy (non-hydrogen) atoms. The normalized spacial score (nSPS) is 12.8. The van der Waals surface area contributed by atoms with Gasteiger partial charge in [0.15, 0.2) is 0 Å². The van der Waals surface area contributed by atoms with Crippen LogP contribution in [0.25, 0.3) is 10.8 Å². The number of benzene rings is 4. The van der Waals surface area contributed by atoms with Crippen molar-refractivity contribution in [3.05, 3.63) is 107 Å². The molecule has 0 radical (unpaired) electrons. The van der Waals surface area contributed by atoms with Gasteiger partial charge in [-0.3, -0.25) is 9.59 Å². The zero-order valence-corrected chi connectivity index (χ0v) is 22.7. The predicted octanol–water partition coefficient (Wildman–Crippen LogP) is 5.73. The Morgan fingerprint density at radius 1 is 0.821 bits per heavy atom. The molecule has 0 bridgehead atoms. The summed E-state index contributed by atoms with van der Waals surface area (Å²) in [6.07, 6.45) is 0.930. The number of nitrogens with one attached hydrogen (secondary N) is 2. The third kappa shape index (κ3) is 6.13. The lowest BCUT2D eigenvalue weighted by molar-refractivity contribution is 0.0948. The maximum atomic E-state index is 13.5. The highest BCUT2D eigenvalue weighted by atomic mass is 16.2. The monoisotopic (exact) mass is 520 g/mol. The number of carbonyl (C=O) groups excluding carboxylic acids is 2. The summed E-state index contributed by atoms with van der Waals surface area (Å²) >= 11 is 0. The Hall–Kier alpha value is -4.16. The van der Waals surface area contributed by atoms with Crippen LogP contribution in [-0.2, 0) is 13.0 Å². The first-order valence-electron chi connectivity index (χ1n) is 13.8. The number of hydrogen-bond acceptors (Lipinski definition) is 4. The number of carbonyl (C=O) groups is 2. The number of rotatable bonds is 9. The molecule has 0 saturated heterocycles. The minimum atomic E-state index is -0.201. The highest BCUT2D eigenvalue weighted by Gasteiger charge is 2.22. The fraction of sp³-hybridized carbons (Fsp3) is 0.273. The molecule has 0 aliphatic carbocycles. The second kappa shape index (κ2) is 12.1. The molecule has 4 aromatic rings. The number of fused-ring (bicyclic) bond motifs is 2. The van der Waals surface area contributed by atoms with Gasteiger partial charge in [-0.2, -0.15) is 0 Å². The van der Waals surface area contributed by atoms with Crippen molar-refractivity contribution < 1.29 is 9.59 Å². The van der Waals surface area contributed by atoms with Crippen LogP contribution in [0.5, 0.6) is 0 Å². The summed E-state index contributed by atoms with van der Waals surface area (Å²) < 4.78 is 0. The minimum Gasteiger partial charge on any atom is -0.366 e. The molecule has 0 saturated carbocycles. The molecule has 0 atom stereocenters. The highest BCUT2D eigenvalue weighted by molar-refractivity contribution is 6.08. The Bertz CT molecular complexity index is 1480. The molecular weight excluding hydrogens is 484 g/mol. The molecule has 1 aliphatic rings. The number of likely N-dealkylation sites (N-methyl/N-ethyl adjacent to an activating group) is 1. The summed E-state index contributed by atoms with van der Waals surface area (Å²) in [6.45, 7) is 9.08. The molecule has 0 fully saturated rings. The van der Waals surface area contributed by atoms with Crippen molar-refractivity contribution in [1.29, 1.82) is 0 Å². The van der Waals surface area contributed by atoms with E-state index in [1.54, 1.807) is 0 Å². The van der Waals surface area contributed by atoms with Crippen molar-refractivity contribution in [3.63, 3.8) is 0 Å². The molecule has 6 heteroatoms. The van der Waals surface area contributed by atoms with Gasteiger partial charge in [-0.1, -0.05) is 68.4 Å². The quantitative estimate of drug-likeness (QED) is 0.296. The molecule has 2 N–H and O–H groups in total. The van der Waals surface area contributed by atoms with Crippen molar-refractivity contribution in [3.8, 4) is 0 Å². The molecule has 0 aromatic heterocycles. The van der Waals surface area contributed by atoms with Crippen LogP contribution in [0.3, 0.4) is 0 Å². The van der Waals surface area contributed by atoms with Crippen molar-refractivity contribution in [2.45, 2.75) is 26.8 Å². The van der Waals surface area contributed by atoms with Crippen LogP contribution in [0.1, 0.15) is 45.7 Å². The van der Waals surface area contributed by atoms with Gasteiger partial charge in [-0.25, -0.2) is 0 Å². The van der Waals surface area contributed by atoms with E-state index in [0.717, 1.165) is 55.6 Å². The SMILES string of the molecule is CCN(CC)CCNC(=O)c1cc(NC(=O)c2ccc3ccccc3c2)ccc1N1CCc2ccccc2C1. The lowest BCUT2D eigenvalue weighted by Crippen LogP contribution is -2.36. The van der Waals surface area contributed by atoms with E-state index in [0.29, 0.717) is 23.4 Å². The average molecular weight is 521 g/mol. The van der Waals surface area contributed by atoms with E-state index in [1.807, 2.05) is 60.7 Å². The summed E-state index contributed by atoms with van der Waals surface area (Å²) in [4.78, 5) is 31.2. The summed E-state index contributed by atoms with van der Waals surface area (Å²) in [6, 6.07) is 27.8. The van der Waals surface area contributed by atoms with E-state index >= 15 is 0 Å². The number of amides is 2. The largest absolute Gasteiger partial charge is 0.366 e. The topological polar surface area (TPSA) is 64.7 Å². The van der Waals surface area contributed by atoms with E-state index in [2.05, 4.69) is 58.5 Å². The second-order valence-electron chi connectivity index (χ2n) is 9.97. The van der Waals surface area contributed by atoms with Crippen LogP contribution in [0.4, 0.5) is 11.4 Å². The maximum Gasteiger partial charge on any atom is 0.255 e. The second-order valence-corrected chi connectivity index (χ2v) is 9.97. The summed E-state index contributed by atoms with van der Waals surface area (Å²) in [5.41, 5.74) is 5.28. The Labute approximate surface area is 230 Å². The van der Waals surface area contributed by atoms with Crippen molar-refractivity contribution in [2.24, 2.45) is 0 Å². The Morgan fingerprint density at radius 2 is 1.56 bits per heavy atom. The first-order valence-corrected chi connectivity index (χ1v) is 13.8. The van der Waals surface area contributed by atoms with Gasteiger partial charge in [0.2, 0.25) is 0 Å². The van der Waals surface area contributed by atoms with Crippen molar-refractivity contribution >= 4 is 34.0 Å². The van der Waals surface area contributed by atoms with E-state index in [9.17, 15) is 9.59 Å². The lowest BCUT2D eigenvalue weighted by Gasteiger charge is -2.32. The summed E-state index contributed by atoms with van der Waals surface area (Å²) in [5.74, 6) is -0.328. The molecule has 6 nitrogen and oxygen atoms in total. The van der Waals surface area contributed by atoms with Gasteiger partial charge < -0.3 is 20.4 Å². The number of hydrogen-bond donors (Lipinski definition) is 2. The Morgan fingerprint density at radius 3 is 2.36 bits per heavy atom. The molecule has 0 spiro atoms.